The minimum atomic E-state index is -4.68. The fourth-order valence-electron chi connectivity index (χ4n) is 2.58. The molecule has 0 saturated carbocycles. The van der Waals surface area contributed by atoms with Crippen LogP contribution in [0.25, 0.3) is 0 Å². The third-order valence-electron chi connectivity index (χ3n) is 4.07. The highest BCUT2D eigenvalue weighted by Gasteiger charge is 2.33. The van der Waals surface area contributed by atoms with Gasteiger partial charge >= 0.3 is 6.18 Å². The summed E-state index contributed by atoms with van der Waals surface area (Å²) in [6.07, 6.45) is -3.30. The first-order chi connectivity index (χ1) is 14.3. The first-order valence-corrected chi connectivity index (χ1v) is 8.75. The summed E-state index contributed by atoms with van der Waals surface area (Å²) >= 11 is 0. The molecule has 0 atom stereocenters. The van der Waals surface area contributed by atoms with Crippen LogP contribution < -0.4 is 10.2 Å². The summed E-state index contributed by atoms with van der Waals surface area (Å²) in [6, 6.07) is 18.7. The molecule has 6 nitrogen and oxygen atoms in total. The van der Waals surface area contributed by atoms with Crippen molar-refractivity contribution in [3.8, 4) is 5.75 Å². The third-order valence-corrected chi connectivity index (χ3v) is 4.07. The monoisotopic (exact) mass is 415 g/mol. The topological polar surface area (TPSA) is 76.8 Å². The van der Waals surface area contributed by atoms with Crippen LogP contribution in [-0.2, 0) is 12.8 Å². The van der Waals surface area contributed by atoms with Crippen molar-refractivity contribution in [1.29, 1.82) is 0 Å². The molecule has 0 aliphatic rings. The highest BCUT2D eigenvalue weighted by molar-refractivity contribution is 5.84. The third kappa shape index (κ3) is 5.34. The molecule has 0 unspecified atom stereocenters. The van der Waals surface area contributed by atoms with Gasteiger partial charge in [0.1, 0.15) is 18.0 Å². The van der Waals surface area contributed by atoms with Crippen molar-refractivity contribution in [2.75, 3.05) is 5.43 Å². The summed E-state index contributed by atoms with van der Waals surface area (Å²) < 4.78 is 44.2. The number of nitro groups is 1. The van der Waals surface area contributed by atoms with E-state index in [1.165, 1.54) is 6.21 Å². The molecule has 1 N–H and O–H groups in total. The lowest BCUT2D eigenvalue weighted by atomic mass is 10.1. The molecule has 0 bridgehead atoms. The molecule has 0 radical (unpaired) electrons. The zero-order valence-electron chi connectivity index (χ0n) is 15.5. The molecular weight excluding hydrogens is 399 g/mol. The van der Waals surface area contributed by atoms with Crippen molar-refractivity contribution < 1.29 is 22.8 Å². The standard InChI is InChI=1S/C21H16F3N3O3/c22-21(23,24)17-10-11-18(19(12-17)27(28)29)26-25-13-16-8-4-5-9-20(16)30-14-15-6-2-1-3-7-15/h1-13,26H,14H2/b25-13-. The Balaban J connectivity index is 1.75. The van der Waals surface area contributed by atoms with E-state index >= 15 is 0 Å². The normalized spacial score (nSPS) is 11.4. The lowest BCUT2D eigenvalue weighted by Crippen LogP contribution is -2.06. The molecule has 3 aromatic carbocycles. The predicted octanol–water partition coefficient (Wildman–Crippen LogP) is 5.64. The number of hydrazone groups is 1. The van der Waals surface area contributed by atoms with Gasteiger partial charge in [0.05, 0.1) is 16.7 Å². The molecule has 0 fully saturated rings. The number of hydrogen-bond donors (Lipinski definition) is 1. The molecule has 0 spiro atoms. The van der Waals surface area contributed by atoms with E-state index in [-0.39, 0.29) is 5.69 Å². The molecule has 0 aliphatic heterocycles. The van der Waals surface area contributed by atoms with Crippen LogP contribution in [0.15, 0.2) is 77.9 Å². The number of halogens is 3. The first kappa shape index (κ1) is 20.8. The summed E-state index contributed by atoms with van der Waals surface area (Å²) in [4.78, 5) is 10.2. The van der Waals surface area contributed by atoms with Gasteiger partial charge in [0, 0.05) is 11.6 Å². The van der Waals surface area contributed by atoms with Gasteiger partial charge in [-0.2, -0.15) is 18.3 Å². The summed E-state index contributed by atoms with van der Waals surface area (Å²) in [5.74, 6) is 0.536. The van der Waals surface area contributed by atoms with Gasteiger partial charge in [-0.3, -0.25) is 15.5 Å². The number of anilines is 1. The predicted molar refractivity (Wildman–Crippen MR) is 107 cm³/mol. The molecule has 0 amide bonds. The molecule has 3 aromatic rings. The van der Waals surface area contributed by atoms with Crippen LogP contribution in [0.5, 0.6) is 5.75 Å². The first-order valence-electron chi connectivity index (χ1n) is 8.75. The van der Waals surface area contributed by atoms with Crippen LogP contribution in [0.4, 0.5) is 24.5 Å². The Bertz CT molecular complexity index is 1050. The van der Waals surface area contributed by atoms with Crippen molar-refractivity contribution in [2.45, 2.75) is 12.8 Å². The fraction of sp³-hybridized carbons (Fsp3) is 0.0952. The van der Waals surface area contributed by atoms with E-state index in [1.54, 1.807) is 24.3 Å². The maximum absolute atomic E-state index is 12.8. The lowest BCUT2D eigenvalue weighted by molar-refractivity contribution is -0.384. The number of nitrogens with one attached hydrogen (secondary N) is 1. The Morgan fingerprint density at radius 2 is 1.73 bits per heavy atom. The van der Waals surface area contributed by atoms with Crippen LogP contribution >= 0.6 is 0 Å². The summed E-state index contributed by atoms with van der Waals surface area (Å²) in [5, 5.41) is 15.1. The van der Waals surface area contributed by atoms with Crippen molar-refractivity contribution in [3.63, 3.8) is 0 Å². The largest absolute Gasteiger partial charge is 0.488 e. The van der Waals surface area contributed by atoms with Crippen molar-refractivity contribution in [2.24, 2.45) is 5.10 Å². The molecule has 0 saturated heterocycles. The molecule has 3 rings (SSSR count). The summed E-state index contributed by atoms with van der Waals surface area (Å²) in [7, 11) is 0. The molecular formula is C21H16F3N3O3. The Hall–Kier alpha value is -3.88. The molecule has 0 aromatic heterocycles. The van der Waals surface area contributed by atoms with Gasteiger partial charge < -0.3 is 4.74 Å². The smallest absolute Gasteiger partial charge is 0.416 e. The Labute approximate surface area is 169 Å². The van der Waals surface area contributed by atoms with Gasteiger partial charge in [-0.15, -0.1) is 0 Å². The van der Waals surface area contributed by atoms with Gasteiger partial charge in [-0.25, -0.2) is 0 Å². The number of para-hydroxylation sites is 1. The van der Waals surface area contributed by atoms with E-state index in [0.717, 1.165) is 17.7 Å². The average molecular weight is 415 g/mol. The zero-order valence-corrected chi connectivity index (χ0v) is 15.5. The Morgan fingerprint density at radius 1 is 1.03 bits per heavy atom. The van der Waals surface area contributed by atoms with Gasteiger partial charge in [-0.05, 0) is 29.8 Å². The minimum absolute atomic E-state index is 0.160. The van der Waals surface area contributed by atoms with Crippen LogP contribution in [0.1, 0.15) is 16.7 Å². The number of alkyl halides is 3. The quantitative estimate of drug-likeness (QED) is 0.308. The number of benzene rings is 3. The second-order valence-corrected chi connectivity index (χ2v) is 6.17. The molecule has 0 heterocycles. The summed E-state index contributed by atoms with van der Waals surface area (Å²) in [6.45, 7) is 0.337. The highest BCUT2D eigenvalue weighted by atomic mass is 19.4. The van der Waals surface area contributed by atoms with E-state index in [0.29, 0.717) is 24.0 Å². The van der Waals surface area contributed by atoms with Gasteiger partial charge in [0.25, 0.3) is 5.69 Å². The fourth-order valence-corrected chi connectivity index (χ4v) is 2.58. The van der Waals surface area contributed by atoms with Crippen molar-refractivity contribution >= 4 is 17.6 Å². The second kappa shape index (κ2) is 9.08. The zero-order chi connectivity index (χ0) is 21.6. The number of hydrogen-bond acceptors (Lipinski definition) is 5. The van der Waals surface area contributed by atoms with Gasteiger partial charge in [0.2, 0.25) is 0 Å². The molecule has 9 heteroatoms. The Morgan fingerprint density at radius 3 is 2.43 bits per heavy atom. The number of ether oxygens (including phenoxy) is 1. The number of rotatable bonds is 7. The van der Waals surface area contributed by atoms with Gasteiger partial charge in [0.15, 0.2) is 0 Å². The average Bonchev–Trinajstić information content (AvgIpc) is 2.73. The van der Waals surface area contributed by atoms with Crippen LogP contribution in [0, 0.1) is 10.1 Å². The molecule has 154 valence electrons. The van der Waals surface area contributed by atoms with E-state index in [1.807, 2.05) is 30.3 Å². The van der Waals surface area contributed by atoms with E-state index < -0.39 is 22.4 Å². The Kier molecular flexibility index (Phi) is 6.31. The van der Waals surface area contributed by atoms with E-state index in [9.17, 15) is 23.3 Å². The van der Waals surface area contributed by atoms with Crippen LogP contribution in [0.2, 0.25) is 0 Å². The number of nitro benzene ring substituents is 1. The maximum Gasteiger partial charge on any atom is 0.416 e. The van der Waals surface area contributed by atoms with Gasteiger partial charge in [-0.1, -0.05) is 42.5 Å². The maximum atomic E-state index is 12.8. The number of nitrogens with zero attached hydrogens (tertiary/aromatic N) is 2. The van der Waals surface area contributed by atoms with Crippen molar-refractivity contribution in [3.05, 3.63) is 99.6 Å². The van der Waals surface area contributed by atoms with E-state index in [2.05, 4.69) is 10.5 Å². The SMILES string of the molecule is O=[N+]([O-])c1cc(C(F)(F)F)ccc1N/N=C\c1ccccc1OCc1ccccc1. The second-order valence-electron chi connectivity index (χ2n) is 6.17. The summed E-state index contributed by atoms with van der Waals surface area (Å²) in [5.41, 5.74) is 2.00. The minimum Gasteiger partial charge on any atom is -0.488 e. The van der Waals surface area contributed by atoms with E-state index in [4.69, 9.17) is 4.74 Å². The molecule has 30 heavy (non-hydrogen) atoms. The highest BCUT2D eigenvalue weighted by Crippen LogP contribution is 2.35. The van der Waals surface area contributed by atoms with Crippen LogP contribution in [0.3, 0.4) is 0 Å². The lowest BCUT2D eigenvalue weighted by Gasteiger charge is -2.10. The van der Waals surface area contributed by atoms with Crippen molar-refractivity contribution in [1.82, 2.24) is 0 Å². The molecule has 0 aliphatic carbocycles. The van der Waals surface area contributed by atoms with Crippen LogP contribution in [-0.4, -0.2) is 11.1 Å².